The molecule has 1 N–H and O–H groups in total. The van der Waals surface area contributed by atoms with Crippen LogP contribution in [0.4, 0.5) is 0 Å². The topological polar surface area (TPSA) is 49.4 Å². The van der Waals surface area contributed by atoms with E-state index in [1.807, 2.05) is 36.5 Å². The molecule has 2 rings (SSSR count). The van der Waals surface area contributed by atoms with Crippen molar-refractivity contribution in [3.8, 4) is 0 Å². The molecule has 0 fully saturated rings. The van der Waals surface area contributed by atoms with E-state index in [9.17, 15) is 8.42 Å². The van der Waals surface area contributed by atoms with E-state index in [0.717, 1.165) is 4.88 Å². The van der Waals surface area contributed by atoms with Gasteiger partial charge in [0.15, 0.2) is 0 Å². The maximum absolute atomic E-state index is 12.3. The van der Waals surface area contributed by atoms with Crippen molar-refractivity contribution >= 4 is 33.0 Å². The van der Waals surface area contributed by atoms with Crippen LogP contribution >= 0.6 is 22.9 Å². The maximum atomic E-state index is 12.3. The first kappa shape index (κ1) is 16.5. The molecule has 0 saturated heterocycles. The smallest absolute Gasteiger partial charge is 0.242 e. The summed E-state index contributed by atoms with van der Waals surface area (Å²) < 4.78 is 27.3. The predicted octanol–water partition coefficient (Wildman–Crippen LogP) is 2.98. The Bertz CT molecular complexity index is 685. The zero-order valence-corrected chi connectivity index (χ0v) is 14.2. The van der Waals surface area contributed by atoms with Crippen LogP contribution < -0.4 is 4.72 Å². The number of hydrogen-bond donors (Lipinski definition) is 1. The second kappa shape index (κ2) is 6.89. The SMILES string of the molecule is CN(C)C(CNS(=O)(=O)c1ccccc1Cl)c1cccs1. The van der Waals surface area contributed by atoms with Gasteiger partial charge in [0.25, 0.3) is 0 Å². The van der Waals surface area contributed by atoms with Crippen molar-refractivity contribution in [1.82, 2.24) is 9.62 Å². The van der Waals surface area contributed by atoms with Crippen molar-refractivity contribution < 1.29 is 8.42 Å². The summed E-state index contributed by atoms with van der Waals surface area (Å²) in [7, 11) is 0.235. The molecular formula is C14H17ClN2O2S2. The molecular weight excluding hydrogens is 328 g/mol. The molecule has 114 valence electrons. The third-order valence-corrected chi connectivity index (χ3v) is 5.98. The van der Waals surface area contributed by atoms with Crippen molar-refractivity contribution in [2.45, 2.75) is 10.9 Å². The van der Waals surface area contributed by atoms with Gasteiger partial charge < -0.3 is 4.90 Å². The monoisotopic (exact) mass is 344 g/mol. The highest BCUT2D eigenvalue weighted by Crippen LogP contribution is 2.24. The first-order valence-corrected chi connectivity index (χ1v) is 9.10. The van der Waals surface area contributed by atoms with Gasteiger partial charge in [-0.2, -0.15) is 0 Å². The molecule has 0 amide bonds. The van der Waals surface area contributed by atoms with Gasteiger partial charge >= 0.3 is 0 Å². The second-order valence-electron chi connectivity index (χ2n) is 4.78. The van der Waals surface area contributed by atoms with Crippen molar-refractivity contribution in [3.63, 3.8) is 0 Å². The number of sulfonamides is 1. The van der Waals surface area contributed by atoms with Gasteiger partial charge in [0.2, 0.25) is 10.0 Å². The largest absolute Gasteiger partial charge is 0.300 e. The van der Waals surface area contributed by atoms with E-state index in [0.29, 0.717) is 6.54 Å². The lowest BCUT2D eigenvalue weighted by molar-refractivity contribution is 0.303. The van der Waals surface area contributed by atoms with Crippen LogP contribution in [-0.4, -0.2) is 34.0 Å². The number of nitrogens with zero attached hydrogens (tertiary/aromatic N) is 1. The van der Waals surface area contributed by atoms with Crippen LogP contribution in [0.3, 0.4) is 0 Å². The van der Waals surface area contributed by atoms with Crippen LogP contribution in [0.2, 0.25) is 5.02 Å². The van der Waals surface area contributed by atoms with E-state index >= 15 is 0 Å². The van der Waals surface area contributed by atoms with Crippen molar-refractivity contribution in [2.75, 3.05) is 20.6 Å². The van der Waals surface area contributed by atoms with Crippen LogP contribution in [0.25, 0.3) is 0 Å². The minimum atomic E-state index is -3.61. The van der Waals surface area contributed by atoms with Crippen LogP contribution in [0, 0.1) is 0 Å². The first-order chi connectivity index (χ1) is 9.92. The van der Waals surface area contributed by atoms with Crippen LogP contribution in [-0.2, 0) is 10.0 Å². The van der Waals surface area contributed by atoms with Crippen molar-refractivity contribution in [2.24, 2.45) is 0 Å². The van der Waals surface area contributed by atoms with E-state index in [1.54, 1.807) is 29.5 Å². The molecule has 0 aliphatic rings. The fourth-order valence-corrected chi connectivity index (χ4v) is 4.43. The fourth-order valence-electron chi connectivity index (χ4n) is 1.95. The van der Waals surface area contributed by atoms with Gasteiger partial charge in [-0.25, -0.2) is 13.1 Å². The Hall–Kier alpha value is -0.920. The standard InChI is InChI=1S/C14H17ClN2O2S2/c1-17(2)12(13-7-5-9-20-13)10-16-21(18,19)14-8-4-3-6-11(14)15/h3-9,12,16H,10H2,1-2H3. The molecule has 0 bridgehead atoms. The zero-order valence-electron chi connectivity index (χ0n) is 11.8. The molecule has 0 saturated carbocycles. The predicted molar refractivity (Wildman–Crippen MR) is 87.4 cm³/mol. The number of nitrogens with one attached hydrogen (secondary N) is 1. The Labute approximate surface area is 134 Å². The number of thiophene rings is 1. The number of rotatable bonds is 6. The third-order valence-electron chi connectivity index (χ3n) is 3.09. The molecule has 4 nitrogen and oxygen atoms in total. The second-order valence-corrected chi connectivity index (χ2v) is 7.90. The molecule has 0 aliphatic heterocycles. The van der Waals surface area contributed by atoms with Crippen molar-refractivity contribution in [3.05, 3.63) is 51.7 Å². The molecule has 0 spiro atoms. The summed E-state index contributed by atoms with van der Waals surface area (Å²) in [4.78, 5) is 3.21. The van der Waals surface area contributed by atoms with E-state index in [1.165, 1.54) is 6.07 Å². The van der Waals surface area contributed by atoms with Crippen LogP contribution in [0.15, 0.2) is 46.7 Å². The lowest BCUT2D eigenvalue weighted by Crippen LogP contribution is -2.34. The Morgan fingerprint density at radius 2 is 1.95 bits per heavy atom. The van der Waals surface area contributed by atoms with E-state index in [4.69, 9.17) is 11.6 Å². The molecule has 7 heteroatoms. The Morgan fingerprint density at radius 3 is 2.52 bits per heavy atom. The molecule has 1 heterocycles. The summed E-state index contributed by atoms with van der Waals surface area (Å²) >= 11 is 7.56. The highest BCUT2D eigenvalue weighted by atomic mass is 35.5. The molecule has 0 aliphatic carbocycles. The minimum Gasteiger partial charge on any atom is -0.300 e. The average molecular weight is 345 g/mol. The Morgan fingerprint density at radius 1 is 1.24 bits per heavy atom. The quantitative estimate of drug-likeness (QED) is 0.876. The molecule has 1 atom stereocenters. The van der Waals surface area contributed by atoms with Crippen LogP contribution in [0.5, 0.6) is 0 Å². The normalized spacial score (nSPS) is 13.5. The Kier molecular flexibility index (Phi) is 5.40. The molecule has 1 aromatic carbocycles. The average Bonchev–Trinajstić information content (AvgIpc) is 2.92. The molecule has 0 radical (unpaired) electrons. The fraction of sp³-hybridized carbons (Fsp3) is 0.286. The number of halogens is 1. The summed E-state index contributed by atoms with van der Waals surface area (Å²) in [5.41, 5.74) is 0. The molecule has 21 heavy (non-hydrogen) atoms. The van der Waals surface area contributed by atoms with E-state index in [2.05, 4.69) is 4.72 Å². The lowest BCUT2D eigenvalue weighted by Gasteiger charge is -2.23. The number of likely N-dealkylation sites (N-methyl/N-ethyl adjacent to an activating group) is 1. The highest BCUT2D eigenvalue weighted by Gasteiger charge is 2.21. The molecule has 1 aromatic heterocycles. The van der Waals surface area contributed by atoms with Gasteiger partial charge in [0.1, 0.15) is 4.90 Å². The van der Waals surface area contributed by atoms with E-state index < -0.39 is 10.0 Å². The van der Waals surface area contributed by atoms with Gasteiger partial charge in [-0.15, -0.1) is 11.3 Å². The van der Waals surface area contributed by atoms with Gasteiger partial charge in [-0.05, 0) is 37.7 Å². The van der Waals surface area contributed by atoms with Crippen LogP contribution in [0.1, 0.15) is 10.9 Å². The van der Waals surface area contributed by atoms with Crippen molar-refractivity contribution in [1.29, 1.82) is 0 Å². The Balaban J connectivity index is 2.16. The summed E-state index contributed by atoms with van der Waals surface area (Å²) in [6.45, 7) is 0.293. The first-order valence-electron chi connectivity index (χ1n) is 6.36. The third kappa shape index (κ3) is 4.05. The number of benzene rings is 1. The van der Waals surface area contributed by atoms with E-state index in [-0.39, 0.29) is 16.0 Å². The van der Waals surface area contributed by atoms with Gasteiger partial charge in [0, 0.05) is 11.4 Å². The maximum Gasteiger partial charge on any atom is 0.242 e. The summed E-state index contributed by atoms with van der Waals surface area (Å²) in [6.07, 6.45) is 0. The van der Waals surface area contributed by atoms with Gasteiger partial charge in [-0.3, -0.25) is 0 Å². The zero-order chi connectivity index (χ0) is 15.5. The molecule has 1 unspecified atom stereocenters. The molecule has 2 aromatic rings. The number of hydrogen-bond acceptors (Lipinski definition) is 4. The summed E-state index contributed by atoms with van der Waals surface area (Å²) in [6, 6.07) is 10.4. The summed E-state index contributed by atoms with van der Waals surface area (Å²) in [5, 5.41) is 2.21. The minimum absolute atomic E-state index is 0.0118. The van der Waals surface area contributed by atoms with Gasteiger partial charge in [0.05, 0.1) is 11.1 Å². The summed E-state index contributed by atoms with van der Waals surface area (Å²) in [5.74, 6) is 0. The van der Waals surface area contributed by atoms with Gasteiger partial charge in [-0.1, -0.05) is 29.8 Å². The highest BCUT2D eigenvalue weighted by molar-refractivity contribution is 7.89. The lowest BCUT2D eigenvalue weighted by atomic mass is 10.2.